The number of halogens is 1. The number of nitrogens with zero attached hydrogens (tertiary/aromatic N) is 3. The summed E-state index contributed by atoms with van der Waals surface area (Å²) >= 11 is 0. The molecule has 2 bridgehead atoms. The molecule has 4 rings (SSSR count). The van der Waals surface area contributed by atoms with Gasteiger partial charge in [-0.3, -0.25) is 4.99 Å². The lowest BCUT2D eigenvalue weighted by atomic mass is 9.96. The number of aromatic nitrogens is 1. The second-order valence-electron chi connectivity index (χ2n) is 7.44. The molecule has 2 N–H and O–H groups in total. The molecule has 8 heteroatoms. The van der Waals surface area contributed by atoms with Crippen LogP contribution in [0.5, 0.6) is 0 Å². The van der Waals surface area contributed by atoms with E-state index in [0.29, 0.717) is 24.8 Å². The van der Waals surface area contributed by atoms with Crippen molar-refractivity contribution in [2.24, 2.45) is 4.99 Å². The Balaban J connectivity index is 0.00000210. The van der Waals surface area contributed by atoms with E-state index in [-0.39, 0.29) is 30.1 Å². The standard InChI is InChI=1S/C19H29N5O2.HI/c1-13-12-24(7-8-25-13)18-6-3-14(10-21-18)11-22-19(20-2)23-16-9-15-4-5-17(16)26-15;/h3,6,10,13,15-17H,4-5,7-9,11-12H2,1-2H3,(H2,20,22,23);1H. The third kappa shape index (κ3) is 5.03. The largest absolute Gasteiger partial charge is 0.375 e. The molecule has 150 valence electrons. The van der Waals surface area contributed by atoms with Crippen LogP contribution in [-0.4, -0.2) is 62.0 Å². The summed E-state index contributed by atoms with van der Waals surface area (Å²) in [6.07, 6.45) is 6.43. The Kier molecular flexibility index (Phi) is 7.16. The van der Waals surface area contributed by atoms with Crippen LogP contribution in [0.4, 0.5) is 5.82 Å². The Morgan fingerprint density at radius 3 is 2.89 bits per heavy atom. The van der Waals surface area contributed by atoms with Crippen LogP contribution in [0, 0.1) is 0 Å². The fourth-order valence-electron chi connectivity index (χ4n) is 4.08. The molecule has 0 spiro atoms. The molecule has 3 fully saturated rings. The SMILES string of the molecule is CN=C(NCc1ccc(N2CCOC(C)C2)nc1)NC1CC2CCC1O2.I. The second kappa shape index (κ2) is 9.38. The summed E-state index contributed by atoms with van der Waals surface area (Å²) in [5.41, 5.74) is 1.14. The molecule has 0 saturated carbocycles. The fourth-order valence-corrected chi connectivity index (χ4v) is 4.08. The lowest BCUT2D eigenvalue weighted by Crippen LogP contribution is -2.47. The van der Waals surface area contributed by atoms with Gasteiger partial charge in [0.25, 0.3) is 0 Å². The van der Waals surface area contributed by atoms with Crippen molar-refractivity contribution in [1.29, 1.82) is 0 Å². The summed E-state index contributed by atoms with van der Waals surface area (Å²) in [4.78, 5) is 11.2. The minimum Gasteiger partial charge on any atom is -0.375 e. The van der Waals surface area contributed by atoms with Crippen molar-refractivity contribution >= 4 is 35.8 Å². The first kappa shape index (κ1) is 20.6. The molecule has 3 aliphatic rings. The average Bonchev–Trinajstić information content (AvgIpc) is 3.28. The molecule has 4 heterocycles. The minimum atomic E-state index is 0. The number of hydrogen-bond acceptors (Lipinski definition) is 5. The van der Waals surface area contributed by atoms with Crippen LogP contribution in [0.3, 0.4) is 0 Å². The Bertz CT molecular complexity index is 641. The highest BCUT2D eigenvalue weighted by Crippen LogP contribution is 2.34. The lowest BCUT2D eigenvalue weighted by molar-refractivity contribution is 0.0529. The summed E-state index contributed by atoms with van der Waals surface area (Å²) in [5, 5.41) is 6.89. The van der Waals surface area contributed by atoms with Crippen LogP contribution >= 0.6 is 24.0 Å². The first-order valence-electron chi connectivity index (χ1n) is 9.65. The van der Waals surface area contributed by atoms with Crippen LogP contribution < -0.4 is 15.5 Å². The molecule has 0 amide bonds. The number of guanidine groups is 1. The van der Waals surface area contributed by atoms with E-state index in [4.69, 9.17) is 9.47 Å². The quantitative estimate of drug-likeness (QED) is 0.384. The number of anilines is 1. The van der Waals surface area contributed by atoms with Gasteiger partial charge in [0.15, 0.2) is 5.96 Å². The topological polar surface area (TPSA) is 71.0 Å². The van der Waals surface area contributed by atoms with Crippen LogP contribution in [0.15, 0.2) is 23.3 Å². The van der Waals surface area contributed by atoms with Crippen molar-refractivity contribution in [2.75, 3.05) is 31.6 Å². The Morgan fingerprint density at radius 2 is 2.26 bits per heavy atom. The molecule has 4 unspecified atom stereocenters. The molecule has 1 aromatic heterocycles. The first-order valence-corrected chi connectivity index (χ1v) is 9.65. The highest BCUT2D eigenvalue weighted by Gasteiger charge is 2.41. The maximum Gasteiger partial charge on any atom is 0.191 e. The Hall–Kier alpha value is -1.13. The number of nitrogens with one attached hydrogen (secondary N) is 2. The zero-order valence-corrected chi connectivity index (χ0v) is 18.4. The number of pyridine rings is 1. The molecule has 1 aromatic rings. The van der Waals surface area contributed by atoms with Gasteiger partial charge in [-0.25, -0.2) is 4.98 Å². The van der Waals surface area contributed by atoms with Gasteiger partial charge in [0, 0.05) is 32.9 Å². The van der Waals surface area contributed by atoms with Crippen LogP contribution in [0.25, 0.3) is 0 Å². The maximum atomic E-state index is 5.90. The number of hydrogen-bond donors (Lipinski definition) is 2. The molecule has 0 radical (unpaired) electrons. The van der Waals surface area contributed by atoms with E-state index < -0.39 is 0 Å². The predicted molar refractivity (Wildman–Crippen MR) is 117 cm³/mol. The van der Waals surface area contributed by atoms with E-state index in [9.17, 15) is 0 Å². The number of morpholine rings is 1. The smallest absolute Gasteiger partial charge is 0.191 e. The van der Waals surface area contributed by atoms with Crippen LogP contribution in [0.1, 0.15) is 31.7 Å². The van der Waals surface area contributed by atoms with E-state index in [2.05, 4.69) is 44.6 Å². The van der Waals surface area contributed by atoms with Crippen molar-refractivity contribution in [3.63, 3.8) is 0 Å². The summed E-state index contributed by atoms with van der Waals surface area (Å²) in [5.74, 6) is 1.85. The van der Waals surface area contributed by atoms with Crippen molar-refractivity contribution in [3.8, 4) is 0 Å². The zero-order valence-electron chi connectivity index (χ0n) is 16.1. The lowest BCUT2D eigenvalue weighted by Gasteiger charge is -2.32. The summed E-state index contributed by atoms with van der Waals surface area (Å²) in [6.45, 7) is 5.36. The van der Waals surface area contributed by atoms with Crippen LogP contribution in [0.2, 0.25) is 0 Å². The summed E-state index contributed by atoms with van der Waals surface area (Å²) < 4.78 is 11.5. The molecule has 3 saturated heterocycles. The molecule has 27 heavy (non-hydrogen) atoms. The van der Waals surface area contributed by atoms with E-state index in [1.165, 1.54) is 6.42 Å². The highest BCUT2D eigenvalue weighted by atomic mass is 127. The van der Waals surface area contributed by atoms with E-state index >= 15 is 0 Å². The monoisotopic (exact) mass is 487 g/mol. The van der Waals surface area contributed by atoms with Crippen molar-refractivity contribution in [2.45, 2.75) is 57.1 Å². The average molecular weight is 487 g/mol. The number of aliphatic imine (C=N–C) groups is 1. The normalized spacial score (nSPS) is 30.1. The highest BCUT2D eigenvalue weighted by molar-refractivity contribution is 14.0. The van der Waals surface area contributed by atoms with Crippen molar-refractivity contribution in [3.05, 3.63) is 23.9 Å². The Labute approximate surface area is 178 Å². The summed E-state index contributed by atoms with van der Waals surface area (Å²) in [6, 6.07) is 4.60. The van der Waals surface area contributed by atoms with Gasteiger partial charge >= 0.3 is 0 Å². The second-order valence-corrected chi connectivity index (χ2v) is 7.44. The maximum absolute atomic E-state index is 5.90. The van der Waals surface area contributed by atoms with Gasteiger partial charge in [-0.2, -0.15) is 0 Å². The van der Waals surface area contributed by atoms with Gasteiger partial charge in [-0.1, -0.05) is 6.07 Å². The van der Waals surface area contributed by atoms with Gasteiger partial charge in [-0.05, 0) is 37.8 Å². The number of fused-ring (bicyclic) bond motifs is 2. The number of rotatable bonds is 4. The summed E-state index contributed by atoms with van der Waals surface area (Å²) in [7, 11) is 1.81. The molecular formula is C19H30IN5O2. The van der Waals surface area contributed by atoms with Gasteiger partial charge < -0.3 is 25.0 Å². The van der Waals surface area contributed by atoms with Crippen LogP contribution in [-0.2, 0) is 16.0 Å². The van der Waals surface area contributed by atoms with Gasteiger partial charge in [0.05, 0.1) is 31.0 Å². The molecule has 0 aromatic carbocycles. The third-order valence-electron chi connectivity index (χ3n) is 5.49. The Morgan fingerprint density at radius 1 is 1.37 bits per heavy atom. The van der Waals surface area contributed by atoms with E-state index in [0.717, 1.165) is 49.9 Å². The molecule has 3 aliphatic heterocycles. The third-order valence-corrected chi connectivity index (χ3v) is 5.49. The van der Waals surface area contributed by atoms with Gasteiger partial charge in [-0.15, -0.1) is 24.0 Å². The van der Waals surface area contributed by atoms with Crippen molar-refractivity contribution in [1.82, 2.24) is 15.6 Å². The number of ether oxygens (including phenoxy) is 2. The molecule has 0 aliphatic carbocycles. The van der Waals surface area contributed by atoms with Gasteiger partial charge in [0.2, 0.25) is 0 Å². The zero-order chi connectivity index (χ0) is 17.9. The van der Waals surface area contributed by atoms with Crippen molar-refractivity contribution < 1.29 is 9.47 Å². The predicted octanol–water partition coefficient (Wildman–Crippen LogP) is 1.91. The molecular weight excluding hydrogens is 457 g/mol. The van der Waals surface area contributed by atoms with Gasteiger partial charge in [0.1, 0.15) is 5.82 Å². The first-order chi connectivity index (χ1) is 12.7. The van der Waals surface area contributed by atoms with E-state index in [1.54, 1.807) is 0 Å². The molecule has 7 nitrogen and oxygen atoms in total. The van der Waals surface area contributed by atoms with E-state index in [1.807, 2.05) is 13.2 Å². The fraction of sp³-hybridized carbons (Fsp3) is 0.684. The minimum absolute atomic E-state index is 0. The molecule has 4 atom stereocenters.